The molecule has 0 unspecified atom stereocenters. The molecule has 18 heavy (non-hydrogen) atoms. The summed E-state index contributed by atoms with van der Waals surface area (Å²) < 4.78 is 0. The number of aromatic nitrogens is 2. The number of nitrogens with zero attached hydrogens (tertiary/aromatic N) is 4. The Morgan fingerprint density at radius 1 is 1.17 bits per heavy atom. The van der Waals surface area contributed by atoms with Crippen LogP contribution in [0.3, 0.4) is 0 Å². The van der Waals surface area contributed by atoms with Gasteiger partial charge < -0.3 is 4.90 Å². The minimum absolute atomic E-state index is 0.502. The van der Waals surface area contributed by atoms with Crippen LogP contribution >= 0.6 is 0 Å². The van der Waals surface area contributed by atoms with Crippen LogP contribution in [0.5, 0.6) is 0 Å². The third-order valence-electron chi connectivity index (χ3n) is 4.00. The maximum atomic E-state index is 9.33. The van der Waals surface area contributed by atoms with E-state index in [1.165, 1.54) is 32.1 Å². The summed E-state index contributed by atoms with van der Waals surface area (Å²) in [6, 6.07) is 2.78. The Bertz CT molecular complexity index is 469. The molecule has 1 fully saturated rings. The summed E-state index contributed by atoms with van der Waals surface area (Å²) >= 11 is 0. The fourth-order valence-corrected chi connectivity index (χ4v) is 2.62. The first-order valence-corrected chi connectivity index (χ1v) is 6.62. The van der Waals surface area contributed by atoms with Crippen LogP contribution < -0.4 is 4.90 Å². The Hall–Kier alpha value is -1.63. The molecule has 1 aliphatic carbocycles. The first kappa shape index (κ1) is 12.8. The van der Waals surface area contributed by atoms with Gasteiger partial charge in [-0.05, 0) is 32.3 Å². The summed E-state index contributed by atoms with van der Waals surface area (Å²) in [6.07, 6.45) is 6.25. The molecule has 0 amide bonds. The molecule has 1 heterocycles. The summed E-state index contributed by atoms with van der Waals surface area (Å²) in [4.78, 5) is 2.15. The average Bonchev–Trinajstić information content (AvgIpc) is 2.42. The highest BCUT2D eigenvalue weighted by atomic mass is 15.3. The summed E-state index contributed by atoms with van der Waals surface area (Å²) in [5.74, 6) is 0.743. The van der Waals surface area contributed by atoms with Crippen LogP contribution in [0, 0.1) is 25.2 Å². The van der Waals surface area contributed by atoms with E-state index >= 15 is 0 Å². The first-order chi connectivity index (χ1) is 8.65. The lowest BCUT2D eigenvalue weighted by molar-refractivity contribution is 0.425. The molecule has 1 aliphatic rings. The molecule has 4 heteroatoms. The molecule has 0 spiro atoms. The summed E-state index contributed by atoms with van der Waals surface area (Å²) in [6.45, 7) is 3.84. The molecule has 0 aromatic carbocycles. The number of hydrogen-bond acceptors (Lipinski definition) is 4. The monoisotopic (exact) mass is 244 g/mol. The van der Waals surface area contributed by atoms with E-state index < -0.39 is 0 Å². The minimum atomic E-state index is 0.502. The standard InChI is InChI=1S/C14H20N4/c1-10-11(2)16-17-14(13(10)9-15)18(3)12-7-5-4-6-8-12/h12H,4-8H2,1-3H3. The molecular weight excluding hydrogens is 224 g/mol. The van der Waals surface area contributed by atoms with Crippen molar-refractivity contribution in [2.24, 2.45) is 0 Å². The third-order valence-corrected chi connectivity index (χ3v) is 4.00. The Labute approximate surface area is 109 Å². The highest BCUT2D eigenvalue weighted by Gasteiger charge is 2.22. The molecule has 4 nitrogen and oxygen atoms in total. The molecule has 0 saturated heterocycles. The largest absolute Gasteiger partial charge is 0.354 e. The SMILES string of the molecule is Cc1nnc(N(C)C2CCCCC2)c(C#N)c1C. The van der Waals surface area contributed by atoms with Gasteiger partial charge in [-0.1, -0.05) is 19.3 Å². The maximum Gasteiger partial charge on any atom is 0.169 e. The lowest BCUT2D eigenvalue weighted by atomic mass is 9.94. The van der Waals surface area contributed by atoms with Crippen molar-refractivity contribution >= 4 is 5.82 Å². The molecule has 0 N–H and O–H groups in total. The van der Waals surface area contributed by atoms with Crippen LogP contribution in [0.25, 0.3) is 0 Å². The lowest BCUT2D eigenvalue weighted by Gasteiger charge is -2.32. The number of aryl methyl sites for hydroxylation is 1. The van der Waals surface area contributed by atoms with Gasteiger partial charge >= 0.3 is 0 Å². The fraction of sp³-hybridized carbons (Fsp3) is 0.643. The molecule has 2 rings (SSSR count). The molecule has 0 aliphatic heterocycles. The van der Waals surface area contributed by atoms with Crippen LogP contribution in [-0.2, 0) is 0 Å². The second kappa shape index (κ2) is 5.34. The van der Waals surface area contributed by atoms with E-state index in [2.05, 4.69) is 21.2 Å². The van der Waals surface area contributed by atoms with Crippen molar-refractivity contribution < 1.29 is 0 Å². The topological polar surface area (TPSA) is 52.8 Å². The maximum absolute atomic E-state index is 9.33. The van der Waals surface area contributed by atoms with Crippen molar-refractivity contribution in [3.05, 3.63) is 16.8 Å². The van der Waals surface area contributed by atoms with Crippen LogP contribution in [0.4, 0.5) is 5.82 Å². The molecular formula is C14H20N4. The van der Waals surface area contributed by atoms with E-state index in [4.69, 9.17) is 0 Å². The summed E-state index contributed by atoms with van der Waals surface area (Å²) in [7, 11) is 2.04. The van der Waals surface area contributed by atoms with Crippen LogP contribution in [0.15, 0.2) is 0 Å². The van der Waals surface area contributed by atoms with E-state index in [1.807, 2.05) is 20.9 Å². The second-order valence-electron chi connectivity index (χ2n) is 5.12. The summed E-state index contributed by atoms with van der Waals surface area (Å²) in [5.41, 5.74) is 2.47. The lowest BCUT2D eigenvalue weighted by Crippen LogP contribution is -2.34. The predicted octanol–water partition coefficient (Wildman–Crippen LogP) is 2.73. The van der Waals surface area contributed by atoms with Gasteiger partial charge in [0.25, 0.3) is 0 Å². The molecule has 96 valence electrons. The van der Waals surface area contributed by atoms with E-state index in [-0.39, 0.29) is 0 Å². The van der Waals surface area contributed by atoms with Gasteiger partial charge in [-0.2, -0.15) is 10.4 Å². The number of hydrogen-bond donors (Lipinski definition) is 0. The first-order valence-electron chi connectivity index (χ1n) is 6.62. The van der Waals surface area contributed by atoms with Crippen molar-refractivity contribution in [3.8, 4) is 6.07 Å². The third kappa shape index (κ3) is 2.31. The Kier molecular flexibility index (Phi) is 3.81. The van der Waals surface area contributed by atoms with Gasteiger partial charge in [0.15, 0.2) is 5.82 Å². The van der Waals surface area contributed by atoms with Gasteiger partial charge in [0, 0.05) is 13.1 Å². The fourth-order valence-electron chi connectivity index (χ4n) is 2.62. The van der Waals surface area contributed by atoms with Crippen LogP contribution in [-0.4, -0.2) is 23.3 Å². The molecule has 1 aromatic rings. The highest BCUT2D eigenvalue weighted by molar-refractivity contribution is 5.57. The zero-order valence-corrected chi connectivity index (χ0v) is 11.4. The van der Waals surface area contributed by atoms with Gasteiger partial charge in [0.1, 0.15) is 11.6 Å². The van der Waals surface area contributed by atoms with Crippen LogP contribution in [0.1, 0.15) is 48.9 Å². The second-order valence-corrected chi connectivity index (χ2v) is 5.12. The minimum Gasteiger partial charge on any atom is -0.354 e. The van der Waals surface area contributed by atoms with Crippen molar-refractivity contribution in [2.45, 2.75) is 52.0 Å². The number of rotatable bonds is 2. The highest BCUT2D eigenvalue weighted by Crippen LogP contribution is 2.28. The molecule has 0 atom stereocenters. The van der Waals surface area contributed by atoms with Gasteiger partial charge in [0.05, 0.1) is 5.69 Å². The van der Waals surface area contributed by atoms with Crippen molar-refractivity contribution in [2.75, 3.05) is 11.9 Å². The normalized spacial score (nSPS) is 16.3. The van der Waals surface area contributed by atoms with E-state index in [0.29, 0.717) is 11.6 Å². The van der Waals surface area contributed by atoms with Crippen molar-refractivity contribution in [1.29, 1.82) is 5.26 Å². The van der Waals surface area contributed by atoms with Crippen LogP contribution in [0.2, 0.25) is 0 Å². The molecule has 1 saturated carbocycles. The van der Waals surface area contributed by atoms with Gasteiger partial charge in [-0.3, -0.25) is 0 Å². The van der Waals surface area contributed by atoms with Crippen molar-refractivity contribution in [1.82, 2.24) is 10.2 Å². The van der Waals surface area contributed by atoms with Gasteiger partial charge in [0.2, 0.25) is 0 Å². The van der Waals surface area contributed by atoms with E-state index in [9.17, 15) is 5.26 Å². The summed E-state index contributed by atoms with van der Waals surface area (Å²) in [5, 5.41) is 17.7. The molecule has 1 aromatic heterocycles. The predicted molar refractivity (Wildman–Crippen MR) is 71.5 cm³/mol. The number of nitriles is 1. The Morgan fingerprint density at radius 3 is 2.44 bits per heavy atom. The average molecular weight is 244 g/mol. The number of anilines is 1. The van der Waals surface area contributed by atoms with Gasteiger partial charge in [-0.25, -0.2) is 0 Å². The van der Waals surface area contributed by atoms with E-state index in [1.54, 1.807) is 0 Å². The van der Waals surface area contributed by atoms with Gasteiger partial charge in [-0.15, -0.1) is 5.10 Å². The Morgan fingerprint density at radius 2 is 1.83 bits per heavy atom. The molecule has 0 bridgehead atoms. The van der Waals surface area contributed by atoms with Crippen molar-refractivity contribution in [3.63, 3.8) is 0 Å². The zero-order chi connectivity index (χ0) is 13.1. The quantitative estimate of drug-likeness (QED) is 0.802. The Balaban J connectivity index is 2.32. The zero-order valence-electron chi connectivity index (χ0n) is 11.4. The van der Waals surface area contributed by atoms with E-state index in [0.717, 1.165) is 17.1 Å². The smallest absolute Gasteiger partial charge is 0.169 e. The molecule has 0 radical (unpaired) electrons.